The summed E-state index contributed by atoms with van der Waals surface area (Å²) in [4.78, 5) is 24.9. The first-order chi connectivity index (χ1) is 15.2. The summed E-state index contributed by atoms with van der Waals surface area (Å²) in [5.74, 6) is 0.358. The van der Waals surface area contributed by atoms with Gasteiger partial charge >= 0.3 is 0 Å². The Labute approximate surface area is 183 Å². The molecular weight excluding hydrogens is 408 g/mol. The van der Waals surface area contributed by atoms with Crippen molar-refractivity contribution >= 4 is 34.1 Å². The number of aromatic nitrogens is 4. The first-order valence-corrected chi connectivity index (χ1v) is 11.0. The Kier molecular flexibility index (Phi) is 4.99. The van der Waals surface area contributed by atoms with Crippen LogP contribution in [0, 0.1) is 0 Å². The van der Waals surface area contributed by atoms with Gasteiger partial charge in [0.15, 0.2) is 5.65 Å². The van der Waals surface area contributed by atoms with Crippen LogP contribution in [0.25, 0.3) is 32.0 Å². The van der Waals surface area contributed by atoms with Crippen LogP contribution in [0.15, 0.2) is 61.4 Å². The van der Waals surface area contributed by atoms with E-state index in [-0.39, 0.29) is 11.9 Å². The van der Waals surface area contributed by atoms with Gasteiger partial charge in [-0.1, -0.05) is 36.9 Å². The van der Waals surface area contributed by atoms with Crippen molar-refractivity contribution in [1.29, 1.82) is 0 Å². The highest BCUT2D eigenvalue weighted by Gasteiger charge is 2.28. The Balaban J connectivity index is 1.58. The molecule has 1 aliphatic heterocycles. The van der Waals surface area contributed by atoms with Crippen LogP contribution in [-0.4, -0.2) is 43.6 Å². The molecule has 1 aromatic carbocycles. The molecule has 1 saturated heterocycles. The van der Waals surface area contributed by atoms with Crippen molar-refractivity contribution in [2.45, 2.75) is 18.9 Å². The van der Waals surface area contributed by atoms with Crippen LogP contribution in [0.3, 0.4) is 0 Å². The zero-order valence-corrected chi connectivity index (χ0v) is 17.8. The molecule has 8 heteroatoms. The number of carbonyl (C=O) groups is 1. The van der Waals surface area contributed by atoms with Crippen molar-refractivity contribution in [2.75, 3.05) is 18.8 Å². The largest absolute Gasteiger partial charge is 0.383 e. The van der Waals surface area contributed by atoms with Crippen LogP contribution in [0.2, 0.25) is 0 Å². The lowest BCUT2D eigenvalue weighted by molar-refractivity contribution is -0.127. The number of hydrogen-bond donors (Lipinski definition) is 1. The molecule has 1 aliphatic rings. The molecule has 0 radical (unpaired) electrons. The summed E-state index contributed by atoms with van der Waals surface area (Å²) in [5, 5.41) is 5.71. The normalized spacial score (nSPS) is 16.5. The van der Waals surface area contributed by atoms with Gasteiger partial charge in [-0.2, -0.15) is 5.10 Å². The molecule has 156 valence electrons. The Hall–Kier alpha value is -3.52. The highest BCUT2D eigenvalue weighted by atomic mass is 32.1. The number of nitrogen functional groups attached to an aromatic ring is 1. The summed E-state index contributed by atoms with van der Waals surface area (Å²) >= 11 is 1.67. The molecule has 0 aliphatic carbocycles. The monoisotopic (exact) mass is 430 g/mol. The number of nitrogens with two attached hydrogens (primary N) is 1. The van der Waals surface area contributed by atoms with E-state index >= 15 is 0 Å². The topological polar surface area (TPSA) is 89.9 Å². The molecule has 0 bridgehead atoms. The average molecular weight is 431 g/mol. The number of likely N-dealkylation sites (tertiary alicyclic amines) is 1. The smallest absolute Gasteiger partial charge is 0.246 e. The third-order valence-corrected chi connectivity index (χ3v) is 6.79. The molecule has 0 saturated carbocycles. The SMILES string of the molecule is C=CC(=O)N1CCC[C@H](n2nc(-c3ccc(-c4ccccc4)s3)c3c(N)ncnc32)C1. The summed E-state index contributed by atoms with van der Waals surface area (Å²) in [7, 11) is 0. The van der Waals surface area contributed by atoms with Crippen LogP contribution >= 0.6 is 11.3 Å². The number of nitrogens with zero attached hydrogens (tertiary/aromatic N) is 5. The maximum atomic E-state index is 12.2. The van der Waals surface area contributed by atoms with Crippen LogP contribution in [0.1, 0.15) is 18.9 Å². The van der Waals surface area contributed by atoms with Gasteiger partial charge in [0.2, 0.25) is 5.91 Å². The van der Waals surface area contributed by atoms with Gasteiger partial charge in [-0.15, -0.1) is 11.3 Å². The van der Waals surface area contributed by atoms with Gasteiger partial charge < -0.3 is 10.6 Å². The van der Waals surface area contributed by atoms with E-state index in [1.165, 1.54) is 12.4 Å². The zero-order valence-electron chi connectivity index (χ0n) is 16.9. The Bertz CT molecular complexity index is 1260. The predicted octanol–water partition coefficient (Wildman–Crippen LogP) is 4.15. The van der Waals surface area contributed by atoms with Crippen LogP contribution in [0.4, 0.5) is 5.82 Å². The van der Waals surface area contributed by atoms with E-state index in [0.717, 1.165) is 45.8 Å². The van der Waals surface area contributed by atoms with E-state index in [1.54, 1.807) is 11.3 Å². The number of anilines is 1. The second-order valence-electron chi connectivity index (χ2n) is 7.57. The lowest BCUT2D eigenvalue weighted by Crippen LogP contribution is -2.40. The number of hydrogen-bond acceptors (Lipinski definition) is 6. The molecule has 4 heterocycles. The van der Waals surface area contributed by atoms with Crippen LogP contribution in [0.5, 0.6) is 0 Å². The summed E-state index contributed by atoms with van der Waals surface area (Å²) < 4.78 is 1.92. The second-order valence-corrected chi connectivity index (χ2v) is 8.65. The number of carbonyl (C=O) groups excluding carboxylic acids is 1. The molecule has 2 N–H and O–H groups in total. The highest BCUT2D eigenvalue weighted by Crippen LogP contribution is 2.39. The van der Waals surface area contributed by atoms with Gasteiger partial charge in [0.1, 0.15) is 17.8 Å². The minimum absolute atomic E-state index is 0.0248. The average Bonchev–Trinajstić information content (AvgIpc) is 3.45. The van der Waals surface area contributed by atoms with Gasteiger partial charge in [0.05, 0.1) is 16.3 Å². The van der Waals surface area contributed by atoms with Gasteiger partial charge in [-0.25, -0.2) is 14.6 Å². The summed E-state index contributed by atoms with van der Waals surface area (Å²) in [5.41, 5.74) is 8.93. The molecule has 3 aromatic heterocycles. The number of piperidine rings is 1. The third-order valence-electron chi connectivity index (χ3n) is 5.64. The Morgan fingerprint density at radius 2 is 1.97 bits per heavy atom. The van der Waals surface area contributed by atoms with E-state index in [2.05, 4.69) is 40.8 Å². The predicted molar refractivity (Wildman–Crippen MR) is 124 cm³/mol. The van der Waals surface area contributed by atoms with Gasteiger partial charge in [0.25, 0.3) is 0 Å². The molecular formula is C23H22N6OS. The number of thiophene rings is 1. The van der Waals surface area contributed by atoms with Gasteiger partial charge in [-0.05, 0) is 36.6 Å². The maximum absolute atomic E-state index is 12.2. The van der Waals surface area contributed by atoms with Crippen molar-refractivity contribution < 1.29 is 4.79 Å². The minimum Gasteiger partial charge on any atom is -0.383 e. The summed E-state index contributed by atoms with van der Waals surface area (Å²) in [6.07, 6.45) is 4.66. The molecule has 5 rings (SSSR count). The molecule has 1 atom stereocenters. The van der Waals surface area contributed by atoms with Crippen molar-refractivity contribution in [3.8, 4) is 21.0 Å². The minimum atomic E-state index is -0.0544. The fourth-order valence-corrected chi connectivity index (χ4v) is 5.13. The number of benzene rings is 1. The lowest BCUT2D eigenvalue weighted by Gasteiger charge is -2.32. The molecule has 4 aromatic rings. The van der Waals surface area contributed by atoms with Crippen molar-refractivity contribution in [2.24, 2.45) is 0 Å². The van der Waals surface area contributed by atoms with Crippen molar-refractivity contribution in [3.63, 3.8) is 0 Å². The van der Waals surface area contributed by atoms with Gasteiger partial charge in [0, 0.05) is 18.0 Å². The second kappa shape index (κ2) is 7.96. The van der Waals surface area contributed by atoms with Crippen LogP contribution in [-0.2, 0) is 4.79 Å². The Morgan fingerprint density at radius 1 is 1.16 bits per heavy atom. The first kappa shape index (κ1) is 19.4. The molecule has 31 heavy (non-hydrogen) atoms. The van der Waals surface area contributed by atoms with E-state index in [9.17, 15) is 4.79 Å². The molecule has 1 fully saturated rings. The number of amides is 1. The van der Waals surface area contributed by atoms with E-state index < -0.39 is 0 Å². The summed E-state index contributed by atoms with van der Waals surface area (Å²) in [6.45, 7) is 4.92. The van der Waals surface area contributed by atoms with Crippen LogP contribution < -0.4 is 5.73 Å². The van der Waals surface area contributed by atoms with Crippen molar-refractivity contribution in [1.82, 2.24) is 24.6 Å². The number of rotatable bonds is 4. The maximum Gasteiger partial charge on any atom is 0.246 e. The quantitative estimate of drug-likeness (QED) is 0.491. The lowest BCUT2D eigenvalue weighted by atomic mass is 10.1. The fourth-order valence-electron chi connectivity index (χ4n) is 4.13. The van der Waals surface area contributed by atoms with E-state index in [4.69, 9.17) is 10.8 Å². The number of fused-ring (bicyclic) bond motifs is 1. The molecule has 0 unspecified atom stereocenters. The standard InChI is InChI=1S/C23H22N6OS/c1-2-19(30)28-12-6-9-16(13-28)29-23-20(22(24)25-14-26-23)21(27-29)18-11-10-17(31-18)15-7-4-3-5-8-15/h2-5,7-8,10-11,14,16H,1,6,9,12-13H2,(H2,24,25,26)/t16-/m0/s1. The highest BCUT2D eigenvalue weighted by molar-refractivity contribution is 7.18. The third kappa shape index (κ3) is 3.48. The zero-order chi connectivity index (χ0) is 21.4. The van der Waals surface area contributed by atoms with E-state index in [1.807, 2.05) is 27.8 Å². The van der Waals surface area contributed by atoms with Gasteiger partial charge in [-0.3, -0.25) is 4.79 Å². The summed E-state index contributed by atoms with van der Waals surface area (Å²) in [6, 6.07) is 14.5. The molecule has 0 spiro atoms. The van der Waals surface area contributed by atoms with E-state index in [0.29, 0.717) is 18.0 Å². The molecule has 1 amide bonds. The Morgan fingerprint density at radius 3 is 2.77 bits per heavy atom. The fraction of sp³-hybridized carbons (Fsp3) is 0.217. The first-order valence-electron chi connectivity index (χ1n) is 10.2. The molecule has 7 nitrogen and oxygen atoms in total. The van der Waals surface area contributed by atoms with Crippen molar-refractivity contribution in [3.05, 3.63) is 61.4 Å².